The van der Waals surface area contributed by atoms with Crippen molar-refractivity contribution in [2.75, 3.05) is 0 Å². The van der Waals surface area contributed by atoms with E-state index in [4.69, 9.17) is 4.42 Å². The molecule has 0 unspecified atom stereocenters. The van der Waals surface area contributed by atoms with E-state index in [-0.39, 0.29) is 12.5 Å². The van der Waals surface area contributed by atoms with Gasteiger partial charge in [0.05, 0.1) is 18.3 Å². The van der Waals surface area contributed by atoms with E-state index in [1.54, 1.807) is 12.4 Å². The summed E-state index contributed by atoms with van der Waals surface area (Å²) in [6.07, 6.45) is 3.41. The highest BCUT2D eigenvalue weighted by Gasteiger charge is 2.17. The number of aromatic nitrogens is 3. The number of hydrogen-bond donors (Lipinski definition) is 1. The van der Waals surface area contributed by atoms with E-state index in [1.165, 1.54) is 0 Å². The van der Waals surface area contributed by atoms with Crippen molar-refractivity contribution in [3.63, 3.8) is 0 Å². The molecule has 0 fully saturated rings. The lowest BCUT2D eigenvalue weighted by molar-refractivity contribution is 0.0946. The monoisotopic (exact) mass is 372 g/mol. The van der Waals surface area contributed by atoms with E-state index in [9.17, 15) is 4.79 Å². The molecule has 6 nitrogen and oxygen atoms in total. The van der Waals surface area contributed by atoms with Crippen LogP contribution in [0.1, 0.15) is 27.6 Å². The summed E-state index contributed by atoms with van der Waals surface area (Å²) in [6.45, 7) is 4.09. The molecule has 1 aromatic carbocycles. The lowest BCUT2D eigenvalue weighted by Gasteiger charge is -2.08. The maximum absolute atomic E-state index is 12.7. The maximum Gasteiger partial charge on any atom is 0.253 e. The van der Waals surface area contributed by atoms with Gasteiger partial charge >= 0.3 is 0 Å². The average Bonchev–Trinajstić information content (AvgIpc) is 3.32. The summed E-state index contributed by atoms with van der Waals surface area (Å²) < 4.78 is 7.71. The van der Waals surface area contributed by atoms with Crippen LogP contribution in [0.3, 0.4) is 0 Å². The van der Waals surface area contributed by atoms with E-state index >= 15 is 0 Å². The van der Waals surface area contributed by atoms with Gasteiger partial charge in [-0.1, -0.05) is 36.4 Å². The summed E-state index contributed by atoms with van der Waals surface area (Å²) in [4.78, 5) is 21.3. The van der Waals surface area contributed by atoms with Gasteiger partial charge in [-0.3, -0.25) is 4.79 Å². The van der Waals surface area contributed by atoms with Crippen molar-refractivity contribution in [1.29, 1.82) is 0 Å². The van der Waals surface area contributed by atoms with E-state index in [0.717, 1.165) is 22.8 Å². The van der Waals surface area contributed by atoms with Gasteiger partial charge in [-0.2, -0.15) is 0 Å². The van der Waals surface area contributed by atoms with Gasteiger partial charge in [0, 0.05) is 23.1 Å². The Morgan fingerprint density at radius 3 is 2.61 bits per heavy atom. The van der Waals surface area contributed by atoms with E-state index in [0.29, 0.717) is 17.2 Å². The average molecular weight is 372 g/mol. The number of pyridine rings is 1. The van der Waals surface area contributed by atoms with Crippen molar-refractivity contribution in [1.82, 2.24) is 19.9 Å². The molecule has 0 aliphatic rings. The van der Waals surface area contributed by atoms with E-state index in [1.807, 2.05) is 73.0 Å². The minimum Gasteiger partial charge on any atom is -0.439 e. The quantitative estimate of drug-likeness (QED) is 0.573. The molecule has 3 heterocycles. The molecular weight excluding hydrogens is 352 g/mol. The summed E-state index contributed by atoms with van der Waals surface area (Å²) in [6, 6.07) is 17.3. The van der Waals surface area contributed by atoms with Crippen molar-refractivity contribution in [2.24, 2.45) is 0 Å². The van der Waals surface area contributed by atoms with E-state index in [2.05, 4.69) is 15.3 Å². The highest BCUT2D eigenvalue weighted by atomic mass is 16.4. The fourth-order valence-electron chi connectivity index (χ4n) is 3.21. The number of carbonyl (C=O) groups excluding carboxylic acids is 1. The Morgan fingerprint density at radius 2 is 1.86 bits per heavy atom. The number of oxazole rings is 1. The molecule has 28 heavy (non-hydrogen) atoms. The van der Waals surface area contributed by atoms with Crippen LogP contribution in [0.5, 0.6) is 0 Å². The number of nitrogens with one attached hydrogen (secondary N) is 1. The normalized spacial score (nSPS) is 10.8. The molecule has 6 heteroatoms. The summed E-state index contributed by atoms with van der Waals surface area (Å²) in [5, 5.41) is 2.88. The molecule has 0 radical (unpaired) electrons. The Morgan fingerprint density at radius 1 is 1.07 bits per heavy atom. The van der Waals surface area contributed by atoms with Crippen LogP contribution in [0.15, 0.2) is 71.4 Å². The van der Waals surface area contributed by atoms with Crippen LogP contribution in [-0.2, 0) is 6.54 Å². The molecule has 0 saturated heterocycles. The van der Waals surface area contributed by atoms with Gasteiger partial charge in [-0.05, 0) is 32.0 Å². The van der Waals surface area contributed by atoms with Gasteiger partial charge in [-0.15, -0.1) is 0 Å². The molecule has 0 spiro atoms. The molecule has 140 valence electrons. The Labute approximate surface area is 162 Å². The van der Waals surface area contributed by atoms with Gasteiger partial charge < -0.3 is 14.3 Å². The first-order valence-corrected chi connectivity index (χ1v) is 9.02. The minimum absolute atomic E-state index is 0.172. The third-order valence-corrected chi connectivity index (χ3v) is 4.57. The number of hydrogen-bond acceptors (Lipinski definition) is 4. The molecular formula is C22H20N4O2. The molecule has 0 saturated carbocycles. The van der Waals surface area contributed by atoms with Crippen molar-refractivity contribution < 1.29 is 9.21 Å². The second-order valence-corrected chi connectivity index (χ2v) is 6.48. The predicted octanol–water partition coefficient (Wildman–Crippen LogP) is 4.07. The standard InChI is InChI=1S/C22H20N4O2/c1-15-12-18(16(2)26(15)20-10-6-7-11-23-20)22(27)25-14-21-24-13-19(28-21)17-8-4-3-5-9-17/h3-13H,14H2,1-2H3,(H,25,27). The zero-order valence-electron chi connectivity index (χ0n) is 15.7. The number of carbonyl (C=O) groups is 1. The second kappa shape index (κ2) is 7.52. The topological polar surface area (TPSA) is 73.0 Å². The Bertz CT molecular complexity index is 1100. The van der Waals surface area contributed by atoms with Crippen molar-refractivity contribution in [3.05, 3.63) is 89.8 Å². The molecule has 0 atom stereocenters. The Hall–Kier alpha value is -3.67. The number of amides is 1. The smallest absolute Gasteiger partial charge is 0.253 e. The van der Waals surface area contributed by atoms with Crippen LogP contribution in [-0.4, -0.2) is 20.4 Å². The molecule has 3 aromatic heterocycles. The molecule has 1 amide bonds. The molecule has 1 N–H and O–H groups in total. The lowest BCUT2D eigenvalue weighted by atomic mass is 10.2. The van der Waals surface area contributed by atoms with Gasteiger partial charge in [0.2, 0.25) is 5.89 Å². The summed E-state index contributed by atoms with van der Waals surface area (Å²) in [5.74, 6) is 1.76. The number of rotatable bonds is 5. The number of benzene rings is 1. The SMILES string of the molecule is Cc1cc(C(=O)NCc2ncc(-c3ccccc3)o2)c(C)n1-c1ccccn1. The Kier molecular flexibility index (Phi) is 4.76. The minimum atomic E-state index is -0.172. The van der Waals surface area contributed by atoms with Crippen molar-refractivity contribution in [3.8, 4) is 17.1 Å². The van der Waals surface area contributed by atoms with Crippen molar-refractivity contribution in [2.45, 2.75) is 20.4 Å². The first kappa shape index (κ1) is 17.7. The summed E-state index contributed by atoms with van der Waals surface area (Å²) >= 11 is 0. The lowest BCUT2D eigenvalue weighted by Crippen LogP contribution is -2.23. The Balaban J connectivity index is 1.49. The van der Waals surface area contributed by atoms with Crippen molar-refractivity contribution >= 4 is 5.91 Å². The first-order valence-electron chi connectivity index (χ1n) is 9.02. The van der Waals surface area contributed by atoms with Crippen LogP contribution < -0.4 is 5.32 Å². The van der Waals surface area contributed by atoms with Gasteiger partial charge in [0.25, 0.3) is 5.91 Å². The molecule has 0 aliphatic heterocycles. The molecule has 0 bridgehead atoms. The second-order valence-electron chi connectivity index (χ2n) is 6.48. The molecule has 0 aliphatic carbocycles. The van der Waals surface area contributed by atoms with Crippen LogP contribution in [0.25, 0.3) is 17.1 Å². The van der Waals surface area contributed by atoms with E-state index < -0.39 is 0 Å². The highest BCUT2D eigenvalue weighted by Crippen LogP contribution is 2.21. The fraction of sp³-hybridized carbons (Fsp3) is 0.136. The summed E-state index contributed by atoms with van der Waals surface area (Å²) in [5.41, 5.74) is 3.35. The van der Waals surface area contributed by atoms with Gasteiger partial charge in [-0.25, -0.2) is 9.97 Å². The fourth-order valence-corrected chi connectivity index (χ4v) is 3.21. The highest BCUT2D eigenvalue weighted by molar-refractivity contribution is 5.95. The van der Waals surface area contributed by atoms with Crippen LogP contribution in [0.4, 0.5) is 0 Å². The first-order chi connectivity index (χ1) is 13.6. The third-order valence-electron chi connectivity index (χ3n) is 4.57. The maximum atomic E-state index is 12.7. The zero-order chi connectivity index (χ0) is 19.5. The summed E-state index contributed by atoms with van der Waals surface area (Å²) in [7, 11) is 0. The van der Waals surface area contributed by atoms with Crippen LogP contribution >= 0.6 is 0 Å². The van der Waals surface area contributed by atoms with Gasteiger partial charge in [0.15, 0.2) is 5.76 Å². The largest absolute Gasteiger partial charge is 0.439 e. The number of nitrogens with zero attached hydrogens (tertiary/aromatic N) is 3. The third kappa shape index (κ3) is 3.44. The van der Waals surface area contributed by atoms with Gasteiger partial charge in [0.1, 0.15) is 5.82 Å². The molecule has 4 rings (SSSR count). The van der Waals surface area contributed by atoms with Crippen LogP contribution in [0, 0.1) is 13.8 Å². The van der Waals surface area contributed by atoms with Crippen LogP contribution in [0.2, 0.25) is 0 Å². The number of aryl methyl sites for hydroxylation is 1. The predicted molar refractivity (Wildman–Crippen MR) is 106 cm³/mol. The molecule has 4 aromatic rings. The zero-order valence-corrected chi connectivity index (χ0v) is 15.7.